The summed E-state index contributed by atoms with van der Waals surface area (Å²) in [7, 11) is 1.44. The summed E-state index contributed by atoms with van der Waals surface area (Å²) in [5.41, 5.74) is 1.21. The van der Waals surface area contributed by atoms with Crippen molar-refractivity contribution in [1.29, 1.82) is 0 Å². The number of ether oxygens (including phenoxy) is 1. The number of nitrogens with one attached hydrogen (secondary N) is 2. The third kappa shape index (κ3) is 4.77. The summed E-state index contributed by atoms with van der Waals surface area (Å²) in [5.74, 6) is 0.0591. The van der Waals surface area contributed by atoms with Crippen LogP contribution in [0.1, 0.15) is 25.5 Å². The van der Waals surface area contributed by atoms with Gasteiger partial charge in [0, 0.05) is 18.2 Å². The van der Waals surface area contributed by atoms with Crippen molar-refractivity contribution in [3.8, 4) is 5.75 Å². The van der Waals surface area contributed by atoms with Crippen LogP contribution in [0.15, 0.2) is 48.5 Å². The Kier molecular flexibility index (Phi) is 6.08. The van der Waals surface area contributed by atoms with Crippen LogP contribution in [0, 0.1) is 10.1 Å². The fourth-order valence-electron chi connectivity index (χ4n) is 2.44. The Balaban J connectivity index is 2.08. The van der Waals surface area contributed by atoms with E-state index in [1.807, 2.05) is 37.3 Å². The lowest BCUT2D eigenvalue weighted by atomic mass is 10.1. The average molecular weight is 343 g/mol. The van der Waals surface area contributed by atoms with E-state index < -0.39 is 11.0 Å². The van der Waals surface area contributed by atoms with Gasteiger partial charge in [-0.2, -0.15) is 0 Å². The molecule has 0 unspecified atom stereocenters. The Morgan fingerprint density at radius 2 is 1.84 bits per heavy atom. The molecule has 0 spiro atoms. The van der Waals surface area contributed by atoms with Gasteiger partial charge in [0.05, 0.1) is 23.8 Å². The van der Waals surface area contributed by atoms with Gasteiger partial charge in [0.1, 0.15) is 5.75 Å². The number of nitro groups is 1. The molecule has 0 aromatic heterocycles. The number of methoxy groups -OCH3 is 1. The first-order chi connectivity index (χ1) is 11.9. The summed E-state index contributed by atoms with van der Waals surface area (Å²) in [4.78, 5) is 22.8. The molecule has 0 heterocycles. The van der Waals surface area contributed by atoms with Crippen LogP contribution in [-0.2, 0) is 4.79 Å². The van der Waals surface area contributed by atoms with Gasteiger partial charge in [0.15, 0.2) is 0 Å². The van der Waals surface area contributed by atoms with E-state index >= 15 is 0 Å². The number of carbonyl (C=O) groups is 1. The number of anilines is 1. The molecular formula is C18H21N3O4. The predicted molar refractivity (Wildman–Crippen MR) is 95.7 cm³/mol. The van der Waals surface area contributed by atoms with Crippen molar-refractivity contribution < 1.29 is 14.5 Å². The Bertz CT molecular complexity index is 749. The van der Waals surface area contributed by atoms with E-state index in [9.17, 15) is 14.9 Å². The summed E-state index contributed by atoms with van der Waals surface area (Å²) in [6.45, 7) is 3.70. The van der Waals surface area contributed by atoms with Crippen LogP contribution in [0.2, 0.25) is 0 Å². The quantitative estimate of drug-likeness (QED) is 0.594. The van der Waals surface area contributed by atoms with Crippen molar-refractivity contribution in [3.63, 3.8) is 0 Å². The highest BCUT2D eigenvalue weighted by Crippen LogP contribution is 2.29. The molecule has 0 saturated carbocycles. The summed E-state index contributed by atoms with van der Waals surface area (Å²) in [6, 6.07) is 13.3. The SMILES string of the molecule is COc1ccc([N+](=O)[O-])cc1NC(=O)[C@H](C)N[C@H](C)c1ccccc1. The van der Waals surface area contributed by atoms with Crippen LogP contribution in [-0.4, -0.2) is 24.0 Å². The molecule has 25 heavy (non-hydrogen) atoms. The maximum absolute atomic E-state index is 12.4. The highest BCUT2D eigenvalue weighted by Gasteiger charge is 2.19. The van der Waals surface area contributed by atoms with E-state index in [0.717, 1.165) is 5.56 Å². The first-order valence-corrected chi connectivity index (χ1v) is 7.86. The molecule has 0 bridgehead atoms. The van der Waals surface area contributed by atoms with Crippen LogP contribution < -0.4 is 15.4 Å². The smallest absolute Gasteiger partial charge is 0.271 e. The molecule has 0 aliphatic rings. The normalized spacial score (nSPS) is 12.9. The van der Waals surface area contributed by atoms with E-state index in [2.05, 4.69) is 10.6 Å². The third-order valence-corrected chi connectivity index (χ3v) is 3.84. The van der Waals surface area contributed by atoms with E-state index in [-0.39, 0.29) is 23.3 Å². The van der Waals surface area contributed by atoms with Crippen molar-refractivity contribution in [2.45, 2.75) is 25.9 Å². The molecular weight excluding hydrogens is 322 g/mol. The van der Waals surface area contributed by atoms with Gasteiger partial charge in [-0.05, 0) is 25.5 Å². The first kappa shape index (κ1) is 18.4. The maximum Gasteiger partial charge on any atom is 0.271 e. The largest absolute Gasteiger partial charge is 0.495 e. The maximum atomic E-state index is 12.4. The zero-order valence-corrected chi connectivity index (χ0v) is 14.4. The van der Waals surface area contributed by atoms with Crippen molar-refractivity contribution >= 4 is 17.3 Å². The van der Waals surface area contributed by atoms with Crippen LogP contribution in [0.25, 0.3) is 0 Å². The molecule has 0 fully saturated rings. The molecule has 2 aromatic carbocycles. The minimum absolute atomic E-state index is 0.0195. The highest BCUT2D eigenvalue weighted by atomic mass is 16.6. The zero-order valence-electron chi connectivity index (χ0n) is 14.4. The Morgan fingerprint density at radius 3 is 2.44 bits per heavy atom. The summed E-state index contributed by atoms with van der Waals surface area (Å²) < 4.78 is 5.15. The van der Waals surface area contributed by atoms with Gasteiger partial charge in [0.25, 0.3) is 5.69 Å². The van der Waals surface area contributed by atoms with Gasteiger partial charge in [-0.15, -0.1) is 0 Å². The molecule has 0 radical (unpaired) electrons. The van der Waals surface area contributed by atoms with Crippen LogP contribution in [0.4, 0.5) is 11.4 Å². The molecule has 2 aromatic rings. The fourth-order valence-corrected chi connectivity index (χ4v) is 2.44. The third-order valence-electron chi connectivity index (χ3n) is 3.84. The van der Waals surface area contributed by atoms with Gasteiger partial charge < -0.3 is 10.1 Å². The van der Waals surface area contributed by atoms with Crippen LogP contribution in [0.3, 0.4) is 0 Å². The Morgan fingerprint density at radius 1 is 1.16 bits per heavy atom. The van der Waals surface area contributed by atoms with Crippen molar-refractivity contribution in [1.82, 2.24) is 5.32 Å². The van der Waals surface area contributed by atoms with Crippen molar-refractivity contribution in [2.24, 2.45) is 0 Å². The van der Waals surface area contributed by atoms with E-state index in [1.165, 1.54) is 25.3 Å². The van der Waals surface area contributed by atoms with Gasteiger partial charge >= 0.3 is 0 Å². The Labute approximate surface area is 146 Å². The highest BCUT2D eigenvalue weighted by molar-refractivity contribution is 5.96. The molecule has 0 aliphatic heterocycles. The summed E-state index contributed by atoms with van der Waals surface area (Å²) in [5, 5.41) is 16.8. The van der Waals surface area contributed by atoms with Gasteiger partial charge in [-0.25, -0.2) is 0 Å². The Hall–Kier alpha value is -2.93. The van der Waals surface area contributed by atoms with E-state index in [1.54, 1.807) is 6.92 Å². The number of amides is 1. The minimum Gasteiger partial charge on any atom is -0.495 e. The second-order valence-electron chi connectivity index (χ2n) is 5.65. The first-order valence-electron chi connectivity index (χ1n) is 7.86. The molecule has 132 valence electrons. The molecule has 2 rings (SSSR count). The predicted octanol–water partition coefficient (Wildman–Crippen LogP) is 3.28. The van der Waals surface area contributed by atoms with E-state index in [4.69, 9.17) is 4.74 Å². The molecule has 0 saturated heterocycles. The summed E-state index contributed by atoms with van der Waals surface area (Å²) in [6.07, 6.45) is 0. The lowest BCUT2D eigenvalue weighted by Gasteiger charge is -2.20. The number of rotatable bonds is 7. The van der Waals surface area contributed by atoms with Crippen molar-refractivity contribution in [2.75, 3.05) is 12.4 Å². The lowest BCUT2D eigenvalue weighted by Crippen LogP contribution is -2.39. The lowest BCUT2D eigenvalue weighted by molar-refractivity contribution is -0.384. The number of nitro benzene ring substituents is 1. The standard InChI is InChI=1S/C18H21N3O4/c1-12(14-7-5-4-6-8-14)19-13(2)18(22)20-16-11-15(21(23)24)9-10-17(16)25-3/h4-13,19H,1-3H3,(H,20,22)/t12-,13+/m1/s1. The number of carbonyl (C=O) groups excluding carboxylic acids is 1. The topological polar surface area (TPSA) is 93.5 Å². The van der Waals surface area contributed by atoms with Crippen molar-refractivity contribution in [3.05, 3.63) is 64.2 Å². The summed E-state index contributed by atoms with van der Waals surface area (Å²) >= 11 is 0. The monoisotopic (exact) mass is 343 g/mol. The fraction of sp³-hybridized carbons (Fsp3) is 0.278. The average Bonchev–Trinajstić information content (AvgIpc) is 2.62. The second-order valence-corrected chi connectivity index (χ2v) is 5.65. The second kappa shape index (κ2) is 8.25. The number of hydrogen-bond donors (Lipinski definition) is 2. The molecule has 1 amide bonds. The number of hydrogen-bond acceptors (Lipinski definition) is 5. The molecule has 0 aliphatic carbocycles. The van der Waals surface area contributed by atoms with Gasteiger partial charge in [0.2, 0.25) is 5.91 Å². The molecule has 2 atom stereocenters. The zero-order chi connectivity index (χ0) is 18.4. The number of non-ortho nitro benzene ring substituents is 1. The minimum atomic E-state index is -0.520. The number of nitrogens with zero attached hydrogens (tertiary/aromatic N) is 1. The molecule has 7 heteroatoms. The molecule has 2 N–H and O–H groups in total. The van der Waals surface area contributed by atoms with Crippen LogP contribution in [0.5, 0.6) is 5.75 Å². The van der Waals surface area contributed by atoms with Gasteiger partial charge in [-0.1, -0.05) is 30.3 Å². The van der Waals surface area contributed by atoms with E-state index in [0.29, 0.717) is 5.75 Å². The molecule has 7 nitrogen and oxygen atoms in total. The van der Waals surface area contributed by atoms with Gasteiger partial charge in [-0.3, -0.25) is 20.2 Å². The van der Waals surface area contributed by atoms with Crippen LogP contribution >= 0.6 is 0 Å². The number of benzene rings is 2.